The van der Waals surface area contributed by atoms with Crippen LogP contribution in [-0.4, -0.2) is 20.9 Å². The minimum Gasteiger partial charge on any atom is -0.296 e. The van der Waals surface area contributed by atoms with Crippen molar-refractivity contribution in [2.75, 3.05) is 0 Å². The summed E-state index contributed by atoms with van der Waals surface area (Å²) < 4.78 is 1.65. The summed E-state index contributed by atoms with van der Waals surface area (Å²) in [6.45, 7) is 3.92. The maximum atomic E-state index is 11.0. The lowest BCUT2D eigenvalue weighted by atomic mass is 10.1. The van der Waals surface area contributed by atoms with Gasteiger partial charge in [0.15, 0.2) is 6.29 Å². The zero-order valence-electron chi connectivity index (χ0n) is 11.5. The molecule has 20 heavy (non-hydrogen) atoms. The van der Waals surface area contributed by atoms with Crippen LogP contribution >= 0.6 is 11.3 Å². The third-order valence-electron chi connectivity index (χ3n) is 3.32. The number of aromatic nitrogens is 3. The SMILES string of the molecule is Cc1ccc(CCc2nn3c(C=O)c(C)nc3s2)cc1. The molecule has 0 aliphatic heterocycles. The fourth-order valence-electron chi connectivity index (χ4n) is 2.15. The number of benzene rings is 1. The van der Waals surface area contributed by atoms with Crippen molar-refractivity contribution in [2.45, 2.75) is 26.7 Å². The van der Waals surface area contributed by atoms with E-state index in [2.05, 4.69) is 41.3 Å². The van der Waals surface area contributed by atoms with Gasteiger partial charge in [-0.1, -0.05) is 41.2 Å². The molecule has 0 aliphatic carbocycles. The molecule has 0 spiro atoms. The van der Waals surface area contributed by atoms with E-state index in [9.17, 15) is 4.79 Å². The third-order valence-corrected chi connectivity index (χ3v) is 4.29. The first kappa shape index (κ1) is 13.0. The van der Waals surface area contributed by atoms with Gasteiger partial charge in [-0.25, -0.2) is 4.98 Å². The van der Waals surface area contributed by atoms with Gasteiger partial charge in [0.1, 0.15) is 10.7 Å². The van der Waals surface area contributed by atoms with E-state index in [0.29, 0.717) is 5.69 Å². The predicted octanol–water partition coefficient (Wildman–Crippen LogP) is 3.01. The highest BCUT2D eigenvalue weighted by atomic mass is 32.1. The van der Waals surface area contributed by atoms with E-state index in [4.69, 9.17) is 0 Å². The largest absolute Gasteiger partial charge is 0.296 e. The predicted molar refractivity (Wildman–Crippen MR) is 79.6 cm³/mol. The molecule has 3 rings (SSSR count). The summed E-state index contributed by atoms with van der Waals surface area (Å²) in [6, 6.07) is 8.54. The second-order valence-electron chi connectivity index (χ2n) is 4.88. The quantitative estimate of drug-likeness (QED) is 0.692. The Morgan fingerprint density at radius 3 is 2.65 bits per heavy atom. The summed E-state index contributed by atoms with van der Waals surface area (Å²) in [5.74, 6) is 0. The molecular weight excluding hydrogens is 270 g/mol. The molecule has 0 saturated carbocycles. The first-order valence-corrected chi connectivity index (χ1v) is 7.35. The summed E-state index contributed by atoms with van der Waals surface area (Å²) >= 11 is 1.55. The van der Waals surface area contributed by atoms with E-state index < -0.39 is 0 Å². The van der Waals surface area contributed by atoms with Gasteiger partial charge >= 0.3 is 0 Å². The first-order chi connectivity index (χ1) is 9.67. The summed E-state index contributed by atoms with van der Waals surface area (Å²) in [4.78, 5) is 16.2. The van der Waals surface area contributed by atoms with Gasteiger partial charge in [-0.3, -0.25) is 4.79 Å². The average molecular weight is 285 g/mol. The Labute approximate surface area is 121 Å². The van der Waals surface area contributed by atoms with Gasteiger partial charge in [0.05, 0.1) is 5.69 Å². The van der Waals surface area contributed by atoms with Crippen molar-refractivity contribution in [2.24, 2.45) is 0 Å². The monoisotopic (exact) mass is 285 g/mol. The van der Waals surface area contributed by atoms with Crippen molar-refractivity contribution in [1.29, 1.82) is 0 Å². The molecule has 0 fully saturated rings. The van der Waals surface area contributed by atoms with Crippen LogP contribution in [0.25, 0.3) is 4.96 Å². The highest BCUT2D eigenvalue weighted by molar-refractivity contribution is 7.16. The van der Waals surface area contributed by atoms with Crippen LogP contribution in [0.3, 0.4) is 0 Å². The van der Waals surface area contributed by atoms with Gasteiger partial charge < -0.3 is 0 Å². The van der Waals surface area contributed by atoms with Gasteiger partial charge in [-0.05, 0) is 25.8 Å². The highest BCUT2D eigenvalue weighted by Gasteiger charge is 2.12. The molecule has 0 unspecified atom stereocenters. The van der Waals surface area contributed by atoms with Crippen molar-refractivity contribution in [1.82, 2.24) is 14.6 Å². The van der Waals surface area contributed by atoms with Crippen LogP contribution in [0.15, 0.2) is 24.3 Å². The number of carbonyl (C=O) groups excluding carboxylic acids is 1. The van der Waals surface area contributed by atoms with E-state index in [0.717, 1.165) is 34.8 Å². The van der Waals surface area contributed by atoms with E-state index in [1.165, 1.54) is 11.1 Å². The maximum absolute atomic E-state index is 11.0. The highest BCUT2D eigenvalue weighted by Crippen LogP contribution is 2.19. The van der Waals surface area contributed by atoms with E-state index in [-0.39, 0.29) is 0 Å². The molecule has 2 aromatic heterocycles. The standard InChI is InChI=1S/C15H15N3OS/c1-10-3-5-12(6-4-10)7-8-14-17-18-13(9-19)11(2)16-15(18)20-14/h3-6,9H,7-8H2,1-2H3. The number of rotatable bonds is 4. The second kappa shape index (κ2) is 5.17. The van der Waals surface area contributed by atoms with Crippen LogP contribution in [-0.2, 0) is 12.8 Å². The Morgan fingerprint density at radius 1 is 1.20 bits per heavy atom. The molecule has 4 nitrogen and oxygen atoms in total. The van der Waals surface area contributed by atoms with E-state index in [1.807, 2.05) is 6.92 Å². The van der Waals surface area contributed by atoms with Gasteiger partial charge in [0, 0.05) is 6.42 Å². The number of hydrogen-bond donors (Lipinski definition) is 0. The molecule has 0 bridgehead atoms. The lowest BCUT2D eigenvalue weighted by Crippen LogP contribution is -1.96. The Kier molecular flexibility index (Phi) is 3.36. The third kappa shape index (κ3) is 2.36. The van der Waals surface area contributed by atoms with Crippen LogP contribution in [0.2, 0.25) is 0 Å². The van der Waals surface area contributed by atoms with Crippen LogP contribution in [0.5, 0.6) is 0 Å². The molecule has 5 heteroatoms. The summed E-state index contributed by atoms with van der Waals surface area (Å²) in [5, 5.41) is 5.49. The van der Waals surface area contributed by atoms with Gasteiger partial charge in [-0.15, -0.1) is 0 Å². The maximum Gasteiger partial charge on any atom is 0.213 e. The van der Waals surface area contributed by atoms with Crippen molar-refractivity contribution in [3.05, 3.63) is 51.8 Å². The molecule has 0 amide bonds. The normalized spacial score (nSPS) is 11.1. The van der Waals surface area contributed by atoms with Crippen molar-refractivity contribution in [3.63, 3.8) is 0 Å². The molecule has 102 valence electrons. The van der Waals surface area contributed by atoms with Crippen LogP contribution in [0.1, 0.15) is 32.3 Å². The molecule has 2 heterocycles. The molecule has 0 aliphatic rings. The second-order valence-corrected chi connectivity index (χ2v) is 5.92. The minimum atomic E-state index is 0.554. The molecule has 3 aromatic rings. The number of aldehydes is 1. The van der Waals surface area contributed by atoms with Crippen molar-refractivity contribution < 1.29 is 4.79 Å². The zero-order valence-corrected chi connectivity index (χ0v) is 12.3. The lowest BCUT2D eigenvalue weighted by molar-refractivity contribution is 0.111. The van der Waals surface area contributed by atoms with Crippen LogP contribution < -0.4 is 0 Å². The zero-order chi connectivity index (χ0) is 14.1. The number of imidazole rings is 1. The molecule has 0 saturated heterocycles. The molecular formula is C15H15N3OS. The lowest BCUT2D eigenvalue weighted by Gasteiger charge is -1.99. The van der Waals surface area contributed by atoms with E-state index in [1.54, 1.807) is 15.9 Å². The number of nitrogens with zero attached hydrogens (tertiary/aromatic N) is 3. The topological polar surface area (TPSA) is 47.3 Å². The van der Waals surface area contributed by atoms with Crippen molar-refractivity contribution in [3.8, 4) is 0 Å². The average Bonchev–Trinajstić information content (AvgIpc) is 2.94. The van der Waals surface area contributed by atoms with Gasteiger partial charge in [0.25, 0.3) is 0 Å². The Hall–Kier alpha value is -2.01. The summed E-state index contributed by atoms with van der Waals surface area (Å²) in [5.41, 5.74) is 3.87. The van der Waals surface area contributed by atoms with Crippen LogP contribution in [0, 0.1) is 13.8 Å². The molecule has 0 atom stereocenters. The number of carbonyl (C=O) groups is 1. The number of aryl methyl sites for hydroxylation is 4. The molecule has 0 N–H and O–H groups in total. The van der Waals surface area contributed by atoms with Crippen molar-refractivity contribution >= 4 is 22.6 Å². The van der Waals surface area contributed by atoms with Crippen LogP contribution in [0.4, 0.5) is 0 Å². The fraction of sp³-hybridized carbons (Fsp3) is 0.267. The molecule has 0 radical (unpaired) electrons. The molecule has 1 aromatic carbocycles. The summed E-state index contributed by atoms with van der Waals surface area (Å²) in [6.07, 6.45) is 2.64. The Balaban J connectivity index is 1.79. The first-order valence-electron chi connectivity index (χ1n) is 6.53. The van der Waals surface area contributed by atoms with Gasteiger partial charge in [-0.2, -0.15) is 9.61 Å². The number of hydrogen-bond acceptors (Lipinski definition) is 4. The smallest absolute Gasteiger partial charge is 0.213 e. The Morgan fingerprint density at radius 2 is 1.95 bits per heavy atom. The van der Waals surface area contributed by atoms with Gasteiger partial charge in [0.2, 0.25) is 4.96 Å². The number of fused-ring (bicyclic) bond motifs is 1. The van der Waals surface area contributed by atoms with E-state index >= 15 is 0 Å². The summed E-state index contributed by atoms with van der Waals surface area (Å²) in [7, 11) is 0. The minimum absolute atomic E-state index is 0.554. The fourth-order valence-corrected chi connectivity index (χ4v) is 3.09. The Bertz CT molecular complexity index is 755.